The molecular formula is C19H25ClN4O3. The largest absolute Gasteiger partial charge is 0.444 e. The number of hydrogen-bond acceptors (Lipinski definition) is 5. The minimum absolute atomic E-state index is 0.222. The lowest BCUT2D eigenvalue weighted by molar-refractivity contribution is 0.0215. The Morgan fingerprint density at radius 3 is 2.63 bits per heavy atom. The van der Waals surface area contributed by atoms with Gasteiger partial charge in [0.05, 0.1) is 12.6 Å². The van der Waals surface area contributed by atoms with Crippen molar-refractivity contribution in [3.63, 3.8) is 0 Å². The number of halogens is 1. The smallest absolute Gasteiger partial charge is 0.410 e. The molecule has 8 heteroatoms. The summed E-state index contributed by atoms with van der Waals surface area (Å²) in [6.07, 6.45) is 1.30. The summed E-state index contributed by atoms with van der Waals surface area (Å²) in [7, 11) is 0. The van der Waals surface area contributed by atoms with E-state index in [1.807, 2.05) is 49.6 Å². The van der Waals surface area contributed by atoms with Crippen LogP contribution in [0.25, 0.3) is 0 Å². The van der Waals surface area contributed by atoms with Crippen LogP contribution in [-0.4, -0.2) is 43.0 Å². The summed E-state index contributed by atoms with van der Waals surface area (Å²) >= 11 is 5.96. The normalized spacial score (nSPS) is 17.4. The van der Waals surface area contributed by atoms with Crippen molar-refractivity contribution in [2.45, 2.75) is 58.4 Å². The van der Waals surface area contributed by atoms with E-state index in [0.717, 1.165) is 18.4 Å². The Kier molecular flexibility index (Phi) is 5.72. The highest BCUT2D eigenvalue weighted by molar-refractivity contribution is 6.30. The molecule has 1 fully saturated rings. The van der Waals surface area contributed by atoms with E-state index in [4.69, 9.17) is 16.3 Å². The Hall–Kier alpha value is -2.12. The van der Waals surface area contributed by atoms with E-state index in [1.54, 1.807) is 4.90 Å². The molecule has 0 saturated carbocycles. The van der Waals surface area contributed by atoms with Gasteiger partial charge in [0.2, 0.25) is 0 Å². The lowest BCUT2D eigenvalue weighted by Gasteiger charge is -2.28. The summed E-state index contributed by atoms with van der Waals surface area (Å²) in [5, 5.41) is 18.7. The summed E-state index contributed by atoms with van der Waals surface area (Å²) in [6, 6.07) is 7.27. The molecule has 1 amide bonds. The van der Waals surface area contributed by atoms with Crippen LogP contribution in [0.1, 0.15) is 56.9 Å². The van der Waals surface area contributed by atoms with Gasteiger partial charge in [-0.25, -0.2) is 4.79 Å². The Balaban J connectivity index is 1.88. The third-order valence-electron chi connectivity index (χ3n) is 4.43. The molecule has 27 heavy (non-hydrogen) atoms. The molecule has 146 valence electrons. The van der Waals surface area contributed by atoms with Gasteiger partial charge in [0.1, 0.15) is 12.2 Å². The molecular weight excluding hydrogens is 368 g/mol. The zero-order chi connectivity index (χ0) is 19.6. The van der Waals surface area contributed by atoms with Crippen LogP contribution in [0, 0.1) is 0 Å². The van der Waals surface area contributed by atoms with Gasteiger partial charge in [0.15, 0.2) is 11.6 Å². The highest BCUT2D eigenvalue weighted by Gasteiger charge is 2.36. The van der Waals surface area contributed by atoms with Crippen molar-refractivity contribution in [3.8, 4) is 0 Å². The number of carbonyl (C=O) groups is 1. The number of rotatable bonds is 4. The first-order chi connectivity index (χ1) is 12.8. The van der Waals surface area contributed by atoms with Gasteiger partial charge in [-0.2, -0.15) is 0 Å². The summed E-state index contributed by atoms with van der Waals surface area (Å²) in [5.41, 5.74) is 0.453. The quantitative estimate of drug-likeness (QED) is 0.860. The van der Waals surface area contributed by atoms with Gasteiger partial charge in [0.25, 0.3) is 0 Å². The summed E-state index contributed by atoms with van der Waals surface area (Å²) in [4.78, 5) is 14.3. The van der Waals surface area contributed by atoms with E-state index in [9.17, 15) is 9.90 Å². The molecule has 0 bridgehead atoms. The van der Waals surface area contributed by atoms with Crippen molar-refractivity contribution in [3.05, 3.63) is 46.5 Å². The summed E-state index contributed by atoms with van der Waals surface area (Å²) < 4.78 is 7.41. The Morgan fingerprint density at radius 2 is 2.00 bits per heavy atom. The van der Waals surface area contributed by atoms with Crippen molar-refractivity contribution in [1.29, 1.82) is 0 Å². The highest BCUT2D eigenvalue weighted by atomic mass is 35.5. The van der Waals surface area contributed by atoms with E-state index in [0.29, 0.717) is 29.8 Å². The van der Waals surface area contributed by atoms with Gasteiger partial charge in [0, 0.05) is 11.6 Å². The number of aliphatic hydroxyl groups is 1. The number of nitrogens with zero attached hydrogens (tertiary/aromatic N) is 4. The minimum Gasteiger partial charge on any atom is -0.444 e. The van der Waals surface area contributed by atoms with Crippen LogP contribution in [0.15, 0.2) is 24.3 Å². The first-order valence-electron chi connectivity index (χ1n) is 9.05. The predicted molar refractivity (Wildman–Crippen MR) is 101 cm³/mol. The second kappa shape index (κ2) is 7.86. The molecule has 0 spiro atoms. The number of amides is 1. The molecule has 2 aromatic rings. The Morgan fingerprint density at radius 1 is 1.30 bits per heavy atom. The number of aromatic nitrogens is 3. The maximum absolute atomic E-state index is 12.6. The molecule has 7 nitrogen and oxygen atoms in total. The average molecular weight is 393 g/mol. The second-order valence-electron chi connectivity index (χ2n) is 7.68. The van der Waals surface area contributed by atoms with E-state index >= 15 is 0 Å². The number of ether oxygens (including phenoxy) is 1. The zero-order valence-electron chi connectivity index (χ0n) is 15.9. The first-order valence-corrected chi connectivity index (χ1v) is 9.43. The fourth-order valence-corrected chi connectivity index (χ4v) is 3.36. The molecule has 1 aromatic carbocycles. The minimum atomic E-state index is -0.558. The zero-order valence-corrected chi connectivity index (χ0v) is 16.6. The van der Waals surface area contributed by atoms with Gasteiger partial charge in [-0.3, -0.25) is 4.90 Å². The van der Waals surface area contributed by atoms with Crippen LogP contribution in [-0.2, 0) is 17.9 Å². The molecule has 1 atom stereocenters. The van der Waals surface area contributed by atoms with Crippen molar-refractivity contribution in [2.75, 3.05) is 6.54 Å². The van der Waals surface area contributed by atoms with Crippen molar-refractivity contribution in [1.82, 2.24) is 19.7 Å². The van der Waals surface area contributed by atoms with E-state index in [2.05, 4.69) is 10.2 Å². The average Bonchev–Trinajstić information content (AvgIpc) is 3.21. The van der Waals surface area contributed by atoms with Crippen molar-refractivity contribution < 1.29 is 14.6 Å². The van der Waals surface area contributed by atoms with Crippen LogP contribution in [0.4, 0.5) is 4.79 Å². The molecule has 1 aliphatic heterocycles. The van der Waals surface area contributed by atoms with Crippen molar-refractivity contribution >= 4 is 17.7 Å². The molecule has 0 unspecified atom stereocenters. The molecule has 2 heterocycles. The van der Waals surface area contributed by atoms with E-state index in [-0.39, 0.29) is 18.7 Å². The van der Waals surface area contributed by atoms with E-state index < -0.39 is 5.60 Å². The third-order valence-corrected chi connectivity index (χ3v) is 4.68. The van der Waals surface area contributed by atoms with Gasteiger partial charge in [-0.1, -0.05) is 23.7 Å². The number of carbonyl (C=O) groups excluding carboxylic acids is 1. The molecule has 0 aliphatic carbocycles. The molecule has 1 saturated heterocycles. The topological polar surface area (TPSA) is 80.5 Å². The Labute approximate surface area is 163 Å². The fourth-order valence-electron chi connectivity index (χ4n) is 3.23. The van der Waals surface area contributed by atoms with Crippen LogP contribution in [0.5, 0.6) is 0 Å². The summed E-state index contributed by atoms with van der Waals surface area (Å²) in [5.74, 6) is 1.13. The third kappa shape index (κ3) is 4.59. The standard InChI is InChI=1S/C19H25ClN4O3/c1-19(2,3)27-18(26)23-10-4-5-15(23)17-22-21-16(12-25)24(17)11-13-6-8-14(20)9-7-13/h6-9,15,25H,4-5,10-12H2,1-3H3/t15-/m1/s1. The number of benzene rings is 1. The predicted octanol–water partition coefficient (Wildman–Crippen LogP) is 3.54. The van der Waals surface area contributed by atoms with Crippen molar-refractivity contribution in [2.24, 2.45) is 0 Å². The Bertz CT molecular complexity index is 798. The maximum atomic E-state index is 12.6. The maximum Gasteiger partial charge on any atom is 0.410 e. The number of likely N-dealkylation sites (tertiary alicyclic amines) is 1. The fraction of sp³-hybridized carbons (Fsp3) is 0.526. The number of hydrogen-bond donors (Lipinski definition) is 1. The van der Waals surface area contributed by atoms with Gasteiger partial charge < -0.3 is 14.4 Å². The SMILES string of the molecule is CC(C)(C)OC(=O)N1CCC[C@@H]1c1nnc(CO)n1Cc1ccc(Cl)cc1. The van der Waals surface area contributed by atoms with E-state index in [1.165, 1.54) is 0 Å². The summed E-state index contributed by atoms with van der Waals surface area (Å²) in [6.45, 7) is 6.43. The molecule has 1 N–H and O–H groups in total. The lowest BCUT2D eigenvalue weighted by Crippen LogP contribution is -2.37. The van der Waals surface area contributed by atoms with Gasteiger partial charge in [-0.05, 0) is 51.3 Å². The molecule has 1 aliphatic rings. The molecule has 3 rings (SSSR count). The molecule has 1 aromatic heterocycles. The van der Waals surface area contributed by atoms with Crippen LogP contribution >= 0.6 is 11.6 Å². The van der Waals surface area contributed by atoms with Crippen LogP contribution < -0.4 is 0 Å². The monoisotopic (exact) mass is 392 g/mol. The number of aliphatic hydroxyl groups excluding tert-OH is 1. The lowest BCUT2D eigenvalue weighted by atomic mass is 10.2. The van der Waals surface area contributed by atoms with Crippen LogP contribution in [0.3, 0.4) is 0 Å². The second-order valence-corrected chi connectivity index (χ2v) is 8.11. The van der Waals surface area contributed by atoms with Gasteiger partial charge >= 0.3 is 6.09 Å². The van der Waals surface area contributed by atoms with Gasteiger partial charge in [-0.15, -0.1) is 10.2 Å². The first kappa shape index (κ1) is 19.6. The van der Waals surface area contributed by atoms with Crippen LogP contribution in [0.2, 0.25) is 5.02 Å². The highest BCUT2D eigenvalue weighted by Crippen LogP contribution is 2.33. The molecule has 0 radical (unpaired) electrons.